The van der Waals surface area contributed by atoms with E-state index in [1.54, 1.807) is 0 Å². The van der Waals surface area contributed by atoms with E-state index in [0.29, 0.717) is 19.4 Å². The minimum Gasteiger partial charge on any atom is -0.449 e. The summed E-state index contributed by atoms with van der Waals surface area (Å²) >= 11 is 0. The highest BCUT2D eigenvalue weighted by atomic mass is 16.6. The molecule has 3 atom stereocenters. The molecule has 6 heteroatoms. The maximum atomic E-state index is 12.2. The molecule has 1 saturated heterocycles. The lowest BCUT2D eigenvalue weighted by atomic mass is 9.98. The molecule has 1 amide bonds. The Kier molecular flexibility index (Phi) is 5.62. The molecule has 1 aliphatic carbocycles. The van der Waals surface area contributed by atoms with Gasteiger partial charge in [-0.15, -0.1) is 0 Å². The van der Waals surface area contributed by atoms with Crippen LogP contribution in [0.25, 0.3) is 11.1 Å². The van der Waals surface area contributed by atoms with Crippen LogP contribution in [-0.4, -0.2) is 54.4 Å². The number of nitrogens with one attached hydrogen (secondary N) is 1. The van der Waals surface area contributed by atoms with Gasteiger partial charge >= 0.3 is 6.09 Å². The number of rotatable bonds is 5. The maximum Gasteiger partial charge on any atom is 0.407 e. The van der Waals surface area contributed by atoms with Crippen molar-refractivity contribution in [3.63, 3.8) is 0 Å². The molecule has 0 saturated carbocycles. The Labute approximate surface area is 164 Å². The number of ether oxygens (including phenoxy) is 2. The quantitative estimate of drug-likeness (QED) is 0.738. The van der Waals surface area contributed by atoms with Crippen molar-refractivity contribution in [2.45, 2.75) is 37.1 Å². The number of amides is 1. The summed E-state index contributed by atoms with van der Waals surface area (Å²) in [5, 5.41) is 21.7. The average molecular weight is 383 g/mol. The minimum atomic E-state index is -0.657. The number of carbonyl (C=O) groups excluding carboxylic acids is 1. The van der Waals surface area contributed by atoms with Crippen molar-refractivity contribution in [2.75, 3.05) is 19.8 Å². The van der Waals surface area contributed by atoms with Crippen molar-refractivity contribution in [3.8, 4) is 11.1 Å². The topological polar surface area (TPSA) is 88.0 Å². The Morgan fingerprint density at radius 3 is 2.36 bits per heavy atom. The summed E-state index contributed by atoms with van der Waals surface area (Å²) in [5.41, 5.74) is 4.73. The van der Waals surface area contributed by atoms with Crippen LogP contribution in [0.5, 0.6) is 0 Å². The third-order valence-electron chi connectivity index (χ3n) is 5.58. The summed E-state index contributed by atoms with van der Waals surface area (Å²) in [6.45, 7) is 0.325. The molecule has 1 heterocycles. The van der Waals surface area contributed by atoms with Crippen LogP contribution in [0.4, 0.5) is 4.79 Å². The second-order valence-corrected chi connectivity index (χ2v) is 7.33. The first-order valence-corrected chi connectivity index (χ1v) is 9.70. The zero-order valence-electron chi connectivity index (χ0n) is 15.6. The Bertz CT molecular complexity index is 794. The lowest BCUT2D eigenvalue weighted by Crippen LogP contribution is -2.45. The molecule has 0 radical (unpaired) electrons. The van der Waals surface area contributed by atoms with E-state index in [1.807, 2.05) is 24.3 Å². The van der Waals surface area contributed by atoms with E-state index in [1.165, 1.54) is 22.3 Å². The van der Waals surface area contributed by atoms with Gasteiger partial charge < -0.3 is 25.0 Å². The lowest BCUT2D eigenvalue weighted by molar-refractivity contribution is -0.131. The second kappa shape index (κ2) is 8.31. The predicted molar refractivity (Wildman–Crippen MR) is 104 cm³/mol. The number of alkyl carbamates (subject to hydrolysis) is 1. The zero-order valence-corrected chi connectivity index (χ0v) is 15.6. The van der Waals surface area contributed by atoms with Gasteiger partial charge in [-0.1, -0.05) is 48.5 Å². The minimum absolute atomic E-state index is 0.0259. The predicted octanol–water partition coefficient (Wildman–Crippen LogP) is 2.43. The molecule has 0 spiro atoms. The molecule has 0 bridgehead atoms. The monoisotopic (exact) mass is 383 g/mol. The molecular weight excluding hydrogens is 358 g/mol. The fourth-order valence-corrected chi connectivity index (χ4v) is 4.11. The van der Waals surface area contributed by atoms with Gasteiger partial charge in [0.15, 0.2) is 0 Å². The Morgan fingerprint density at radius 2 is 1.71 bits per heavy atom. The Morgan fingerprint density at radius 1 is 1.07 bits per heavy atom. The molecule has 6 nitrogen and oxygen atoms in total. The molecule has 2 aromatic carbocycles. The van der Waals surface area contributed by atoms with E-state index in [-0.39, 0.29) is 25.2 Å². The van der Waals surface area contributed by atoms with E-state index in [9.17, 15) is 15.0 Å². The van der Waals surface area contributed by atoms with Gasteiger partial charge in [0.2, 0.25) is 0 Å². The molecule has 28 heavy (non-hydrogen) atoms. The maximum absolute atomic E-state index is 12.2. The second-order valence-electron chi connectivity index (χ2n) is 7.33. The van der Waals surface area contributed by atoms with E-state index in [2.05, 4.69) is 29.6 Å². The smallest absolute Gasteiger partial charge is 0.407 e. The summed E-state index contributed by atoms with van der Waals surface area (Å²) in [6, 6.07) is 16.4. The summed E-state index contributed by atoms with van der Waals surface area (Å²) in [5.74, 6) is 0.0259. The van der Waals surface area contributed by atoms with Gasteiger partial charge in [0.1, 0.15) is 12.7 Å². The molecular formula is C22H25NO5. The third kappa shape index (κ3) is 3.76. The summed E-state index contributed by atoms with van der Waals surface area (Å²) in [6.07, 6.45) is -0.805. The fraction of sp³-hybridized carbons (Fsp3) is 0.409. The first-order valence-electron chi connectivity index (χ1n) is 9.70. The third-order valence-corrected chi connectivity index (χ3v) is 5.58. The van der Waals surface area contributed by atoms with Crippen molar-refractivity contribution in [1.82, 2.24) is 5.32 Å². The zero-order chi connectivity index (χ0) is 19.5. The van der Waals surface area contributed by atoms with Crippen molar-refractivity contribution < 1.29 is 24.5 Å². The standard InChI is InChI=1S/C22H25NO5/c24-12-21-20(25)10-9-14(28-21)11-23-22(26)27-13-19-17-7-3-1-5-15(17)16-6-2-4-8-18(16)19/h1-8,14,19-21,24-25H,9-13H2,(H,23,26)/t14-,20+,21-/m1/s1. The molecule has 148 valence electrons. The highest BCUT2D eigenvalue weighted by Gasteiger charge is 2.31. The number of aliphatic hydroxyl groups excluding tert-OH is 2. The van der Waals surface area contributed by atoms with Crippen molar-refractivity contribution in [1.29, 1.82) is 0 Å². The van der Waals surface area contributed by atoms with Crippen LogP contribution in [0.15, 0.2) is 48.5 Å². The van der Waals surface area contributed by atoms with Crippen LogP contribution in [0, 0.1) is 0 Å². The molecule has 1 aliphatic heterocycles. The number of fused-ring (bicyclic) bond motifs is 3. The van der Waals surface area contributed by atoms with E-state index >= 15 is 0 Å². The van der Waals surface area contributed by atoms with Crippen LogP contribution in [0.2, 0.25) is 0 Å². The number of benzene rings is 2. The SMILES string of the molecule is O=C(NC[C@H]1CC[C@H](O)[C@@H](CO)O1)OCC1c2ccccc2-c2ccccc21. The number of hydrogen-bond acceptors (Lipinski definition) is 5. The van der Waals surface area contributed by atoms with Gasteiger partial charge in [-0.3, -0.25) is 0 Å². The first kappa shape index (κ1) is 18.9. The Hall–Kier alpha value is -2.41. The highest BCUT2D eigenvalue weighted by Crippen LogP contribution is 2.44. The van der Waals surface area contributed by atoms with Crippen molar-refractivity contribution in [3.05, 3.63) is 59.7 Å². The molecule has 1 fully saturated rings. The van der Waals surface area contributed by atoms with Crippen LogP contribution < -0.4 is 5.32 Å². The fourth-order valence-electron chi connectivity index (χ4n) is 4.11. The summed E-state index contributed by atoms with van der Waals surface area (Å²) in [4.78, 5) is 12.2. The molecule has 0 unspecified atom stereocenters. The molecule has 0 aromatic heterocycles. The van der Waals surface area contributed by atoms with E-state index < -0.39 is 18.3 Å². The summed E-state index contributed by atoms with van der Waals surface area (Å²) in [7, 11) is 0. The van der Waals surface area contributed by atoms with Crippen molar-refractivity contribution in [2.24, 2.45) is 0 Å². The summed E-state index contributed by atoms with van der Waals surface area (Å²) < 4.78 is 11.1. The number of carbonyl (C=O) groups is 1. The average Bonchev–Trinajstić information content (AvgIpc) is 3.05. The van der Waals surface area contributed by atoms with Gasteiger partial charge in [0.05, 0.1) is 18.8 Å². The van der Waals surface area contributed by atoms with Crippen molar-refractivity contribution >= 4 is 6.09 Å². The normalized spacial score (nSPS) is 23.7. The molecule has 2 aliphatic rings. The van der Waals surface area contributed by atoms with Gasteiger partial charge in [-0.05, 0) is 35.1 Å². The van der Waals surface area contributed by atoms with Crippen LogP contribution in [0.1, 0.15) is 29.9 Å². The van der Waals surface area contributed by atoms with Crippen LogP contribution in [-0.2, 0) is 9.47 Å². The van der Waals surface area contributed by atoms with E-state index in [4.69, 9.17) is 9.47 Å². The number of hydrogen-bond donors (Lipinski definition) is 3. The molecule has 3 N–H and O–H groups in total. The largest absolute Gasteiger partial charge is 0.449 e. The molecule has 2 aromatic rings. The van der Waals surface area contributed by atoms with Gasteiger partial charge in [-0.25, -0.2) is 4.79 Å². The van der Waals surface area contributed by atoms with Gasteiger partial charge in [-0.2, -0.15) is 0 Å². The Balaban J connectivity index is 1.33. The van der Waals surface area contributed by atoms with Crippen LogP contribution in [0.3, 0.4) is 0 Å². The van der Waals surface area contributed by atoms with Gasteiger partial charge in [0.25, 0.3) is 0 Å². The lowest BCUT2D eigenvalue weighted by Gasteiger charge is -2.32. The number of aliphatic hydroxyl groups is 2. The van der Waals surface area contributed by atoms with E-state index in [0.717, 1.165) is 0 Å². The highest BCUT2D eigenvalue weighted by molar-refractivity contribution is 5.79. The molecule has 4 rings (SSSR count). The van der Waals surface area contributed by atoms with Gasteiger partial charge in [0, 0.05) is 12.5 Å². The first-order chi connectivity index (χ1) is 13.7. The van der Waals surface area contributed by atoms with Crippen LogP contribution >= 0.6 is 0 Å².